The number of hydrogen-bond acceptors (Lipinski definition) is 5. The lowest BCUT2D eigenvalue weighted by Gasteiger charge is -2.37. The summed E-state index contributed by atoms with van der Waals surface area (Å²) in [5.74, 6) is -0.850. The summed E-state index contributed by atoms with van der Waals surface area (Å²) >= 11 is 0. The molecule has 9 nitrogen and oxygen atoms in total. The zero-order valence-corrected chi connectivity index (χ0v) is 24.4. The summed E-state index contributed by atoms with van der Waals surface area (Å²) in [5.41, 5.74) is 0.823. The summed E-state index contributed by atoms with van der Waals surface area (Å²) in [5, 5.41) is 14.6. The quantitative estimate of drug-likeness (QED) is 0.455. The zero-order chi connectivity index (χ0) is 28.7. The number of aryl methyl sites for hydroxylation is 1. The largest absolute Gasteiger partial charge is 0.395 e. The Labute approximate surface area is 238 Å². The molecule has 2 heterocycles. The molecule has 9 heteroatoms. The second kappa shape index (κ2) is 13.8. The number of nitrogens with zero attached hydrogens (tertiary/aromatic N) is 2. The number of aromatic nitrogens is 1. The molecule has 1 unspecified atom stereocenters. The van der Waals surface area contributed by atoms with Crippen molar-refractivity contribution in [3.8, 4) is 0 Å². The number of aliphatic hydroxyl groups is 1. The van der Waals surface area contributed by atoms with Crippen molar-refractivity contribution in [2.75, 3.05) is 26.2 Å². The number of amides is 3. The SMILES string of the molecule is CC(C)(NC(=O)c1cc2c(n(CC3CCCCC3)c1=O)CCCCCC2)C(=O)N1CCCC(C(=O)NCCO)C1. The van der Waals surface area contributed by atoms with Gasteiger partial charge >= 0.3 is 0 Å². The Bertz CT molecular complexity index is 1120. The Morgan fingerprint density at radius 1 is 0.975 bits per heavy atom. The lowest BCUT2D eigenvalue weighted by atomic mass is 9.88. The average Bonchev–Trinajstić information content (AvgIpc) is 2.93. The van der Waals surface area contributed by atoms with E-state index in [4.69, 9.17) is 5.11 Å². The molecule has 4 rings (SSSR count). The Kier molecular flexibility index (Phi) is 10.4. The monoisotopic (exact) mass is 556 g/mol. The molecule has 0 radical (unpaired) electrons. The van der Waals surface area contributed by atoms with Crippen LogP contribution in [0.5, 0.6) is 0 Å². The Hall–Kier alpha value is -2.68. The Balaban J connectivity index is 1.54. The number of pyridine rings is 1. The summed E-state index contributed by atoms with van der Waals surface area (Å²) in [6, 6.07) is 1.79. The number of fused-ring (bicyclic) bond motifs is 1. The normalized spacial score (nSPS) is 20.7. The van der Waals surface area contributed by atoms with Gasteiger partial charge in [-0.2, -0.15) is 0 Å². The van der Waals surface area contributed by atoms with Crippen LogP contribution in [0.4, 0.5) is 0 Å². The van der Waals surface area contributed by atoms with E-state index in [0.717, 1.165) is 62.6 Å². The molecule has 1 saturated carbocycles. The minimum absolute atomic E-state index is 0.121. The Morgan fingerprint density at radius 2 is 1.68 bits per heavy atom. The van der Waals surface area contributed by atoms with Gasteiger partial charge in [-0.1, -0.05) is 32.1 Å². The fourth-order valence-corrected chi connectivity index (χ4v) is 6.72. The number of carbonyl (C=O) groups is 3. The topological polar surface area (TPSA) is 121 Å². The standard InChI is InChI=1S/C31H48N4O5/c1-31(2,30(40)34-17-10-14-24(21-34)27(37)32-16-18-36)33-28(38)25-19-23-13-8-3-4-9-15-26(23)35(29(25)39)20-22-11-6-5-7-12-22/h19,22,24,36H,3-18,20-21H2,1-2H3,(H,32,37)(H,33,38). The van der Waals surface area contributed by atoms with Gasteiger partial charge in [-0.25, -0.2) is 0 Å². The molecule has 1 saturated heterocycles. The van der Waals surface area contributed by atoms with Crippen molar-refractivity contribution in [2.45, 2.75) is 109 Å². The number of likely N-dealkylation sites (tertiary alicyclic amines) is 1. The van der Waals surface area contributed by atoms with Gasteiger partial charge in [0.15, 0.2) is 0 Å². The molecule has 0 aromatic carbocycles. The maximum absolute atomic E-state index is 13.9. The lowest BCUT2D eigenvalue weighted by molar-refractivity contribution is -0.140. The van der Waals surface area contributed by atoms with Crippen LogP contribution >= 0.6 is 0 Å². The summed E-state index contributed by atoms with van der Waals surface area (Å²) in [7, 11) is 0. The third kappa shape index (κ3) is 7.33. The number of aliphatic hydroxyl groups excluding tert-OH is 1. The van der Waals surface area contributed by atoms with Crippen LogP contribution in [0, 0.1) is 11.8 Å². The van der Waals surface area contributed by atoms with E-state index in [2.05, 4.69) is 10.6 Å². The van der Waals surface area contributed by atoms with Gasteiger partial charge in [-0.05, 0) is 82.8 Å². The first-order valence-electron chi connectivity index (χ1n) is 15.5. The van der Waals surface area contributed by atoms with E-state index in [1.54, 1.807) is 24.8 Å². The first kappa shape index (κ1) is 30.3. The van der Waals surface area contributed by atoms with Crippen molar-refractivity contribution < 1.29 is 19.5 Å². The highest BCUT2D eigenvalue weighted by atomic mass is 16.3. The van der Waals surface area contributed by atoms with Crippen molar-refractivity contribution in [3.05, 3.63) is 33.2 Å². The molecule has 1 aliphatic heterocycles. The van der Waals surface area contributed by atoms with E-state index in [0.29, 0.717) is 31.8 Å². The highest BCUT2D eigenvalue weighted by Gasteiger charge is 2.38. The van der Waals surface area contributed by atoms with E-state index < -0.39 is 11.4 Å². The highest BCUT2D eigenvalue weighted by Crippen LogP contribution is 2.27. The average molecular weight is 557 g/mol. The molecular formula is C31H48N4O5. The van der Waals surface area contributed by atoms with Crippen molar-refractivity contribution in [1.29, 1.82) is 0 Å². The van der Waals surface area contributed by atoms with E-state index in [1.165, 1.54) is 19.3 Å². The summed E-state index contributed by atoms with van der Waals surface area (Å²) < 4.78 is 1.90. The number of carbonyl (C=O) groups excluding carboxylic acids is 3. The molecule has 0 bridgehead atoms. The smallest absolute Gasteiger partial charge is 0.263 e. The predicted octanol–water partition coefficient (Wildman–Crippen LogP) is 2.94. The molecule has 3 aliphatic rings. The molecule has 1 atom stereocenters. The lowest BCUT2D eigenvalue weighted by Crippen LogP contribution is -2.59. The Morgan fingerprint density at radius 3 is 2.40 bits per heavy atom. The van der Waals surface area contributed by atoms with E-state index >= 15 is 0 Å². The van der Waals surface area contributed by atoms with Crippen molar-refractivity contribution in [1.82, 2.24) is 20.1 Å². The van der Waals surface area contributed by atoms with Crippen LogP contribution < -0.4 is 16.2 Å². The molecule has 1 aromatic rings. The third-order valence-corrected chi connectivity index (χ3v) is 8.96. The second-order valence-electron chi connectivity index (χ2n) is 12.5. The molecule has 3 amide bonds. The van der Waals surface area contributed by atoms with Crippen molar-refractivity contribution in [2.24, 2.45) is 11.8 Å². The molecule has 222 valence electrons. The van der Waals surface area contributed by atoms with Crippen LogP contribution in [0.3, 0.4) is 0 Å². The van der Waals surface area contributed by atoms with Crippen LogP contribution in [0.2, 0.25) is 0 Å². The van der Waals surface area contributed by atoms with Gasteiger partial charge in [-0.3, -0.25) is 19.2 Å². The highest BCUT2D eigenvalue weighted by molar-refractivity contribution is 5.99. The molecule has 1 aromatic heterocycles. The zero-order valence-electron chi connectivity index (χ0n) is 24.4. The molecule has 3 N–H and O–H groups in total. The van der Waals surface area contributed by atoms with Gasteiger partial charge in [0.25, 0.3) is 11.5 Å². The van der Waals surface area contributed by atoms with Gasteiger partial charge < -0.3 is 25.2 Å². The second-order valence-corrected chi connectivity index (χ2v) is 12.5. The van der Waals surface area contributed by atoms with Gasteiger partial charge in [0.2, 0.25) is 11.8 Å². The van der Waals surface area contributed by atoms with Crippen LogP contribution in [-0.2, 0) is 29.0 Å². The fraction of sp³-hybridized carbons (Fsp3) is 0.742. The van der Waals surface area contributed by atoms with Crippen molar-refractivity contribution >= 4 is 17.7 Å². The van der Waals surface area contributed by atoms with Gasteiger partial charge in [0.05, 0.1) is 12.5 Å². The first-order chi connectivity index (χ1) is 19.2. The van der Waals surface area contributed by atoms with Gasteiger partial charge in [-0.15, -0.1) is 0 Å². The summed E-state index contributed by atoms with van der Waals surface area (Å²) in [6.45, 7) is 4.82. The number of nitrogens with one attached hydrogen (secondary N) is 2. The van der Waals surface area contributed by atoms with Crippen LogP contribution in [0.25, 0.3) is 0 Å². The number of piperidine rings is 1. The maximum Gasteiger partial charge on any atom is 0.263 e. The number of rotatable bonds is 8. The molecule has 2 fully saturated rings. The minimum Gasteiger partial charge on any atom is -0.395 e. The van der Waals surface area contributed by atoms with E-state index in [-0.39, 0.29) is 48.6 Å². The predicted molar refractivity (Wildman–Crippen MR) is 154 cm³/mol. The number of hydrogen-bond donors (Lipinski definition) is 3. The first-order valence-corrected chi connectivity index (χ1v) is 15.5. The minimum atomic E-state index is -1.24. The molecule has 2 aliphatic carbocycles. The van der Waals surface area contributed by atoms with Crippen molar-refractivity contribution in [3.63, 3.8) is 0 Å². The van der Waals surface area contributed by atoms with E-state index in [9.17, 15) is 19.2 Å². The summed E-state index contributed by atoms with van der Waals surface area (Å²) in [6.07, 6.45) is 13.4. The molecular weight excluding hydrogens is 508 g/mol. The maximum atomic E-state index is 13.9. The van der Waals surface area contributed by atoms with Gasteiger partial charge in [0.1, 0.15) is 11.1 Å². The molecule has 0 spiro atoms. The van der Waals surface area contributed by atoms with Crippen LogP contribution in [-0.4, -0.2) is 64.1 Å². The van der Waals surface area contributed by atoms with Gasteiger partial charge in [0, 0.05) is 31.9 Å². The van der Waals surface area contributed by atoms with Crippen LogP contribution in [0.1, 0.15) is 106 Å². The fourth-order valence-electron chi connectivity index (χ4n) is 6.72. The third-order valence-electron chi connectivity index (χ3n) is 8.96. The van der Waals surface area contributed by atoms with E-state index in [1.807, 2.05) is 4.57 Å². The van der Waals surface area contributed by atoms with Crippen LogP contribution in [0.15, 0.2) is 10.9 Å². The molecule has 40 heavy (non-hydrogen) atoms. The summed E-state index contributed by atoms with van der Waals surface area (Å²) in [4.78, 5) is 55.2.